The van der Waals surface area contributed by atoms with Crippen LogP contribution in [-0.4, -0.2) is 29.4 Å². The van der Waals surface area contributed by atoms with E-state index in [4.69, 9.17) is 9.47 Å². The third-order valence-corrected chi connectivity index (χ3v) is 6.64. The highest BCUT2D eigenvalue weighted by Crippen LogP contribution is 2.36. The molecule has 1 N–H and O–H groups in total. The number of rotatable bonds is 8. The van der Waals surface area contributed by atoms with E-state index in [0.717, 1.165) is 10.5 Å². The van der Waals surface area contributed by atoms with Gasteiger partial charge in [0.1, 0.15) is 12.2 Å². The van der Waals surface area contributed by atoms with Crippen molar-refractivity contribution in [1.82, 2.24) is 5.32 Å². The number of non-ortho nitro benzene ring substituents is 1. The van der Waals surface area contributed by atoms with Gasteiger partial charge in [0, 0.05) is 12.1 Å². The van der Waals surface area contributed by atoms with E-state index in [0.29, 0.717) is 44.1 Å². The number of nitrogens with zero attached hydrogens (tertiary/aromatic N) is 2. The molecule has 3 aromatic rings. The normalized spacial score (nSPS) is 14.4. The third-order valence-electron chi connectivity index (χ3n) is 5.84. The van der Waals surface area contributed by atoms with Crippen molar-refractivity contribution in [2.45, 2.75) is 27.4 Å². The van der Waals surface area contributed by atoms with E-state index < -0.39 is 22.8 Å². The Morgan fingerprint density at radius 1 is 1.05 bits per heavy atom. The topological polar surface area (TPSA) is 128 Å². The largest absolute Gasteiger partial charge is 0.490 e. The standard InChI is InChI=1S/C28H24IN3O7/c1-4-38-24-14-19(13-22(29)25(24)39-15-18-6-5-7-20(11-18)32(36)37)12-21-26(33)30-28(35)31(27(21)34)23-9-8-16(2)10-17(23)3/h5-14H,4,15H2,1-3H3,(H,30,33,35)/b21-12+. The molecule has 0 atom stereocenters. The number of hydrogen-bond donors (Lipinski definition) is 1. The predicted octanol–water partition coefficient (Wildman–Crippen LogP) is 5.46. The van der Waals surface area contributed by atoms with Crippen LogP contribution in [0.5, 0.6) is 11.5 Å². The fourth-order valence-electron chi connectivity index (χ4n) is 4.09. The number of benzene rings is 3. The number of carbonyl (C=O) groups excluding carboxylic acids is 3. The second kappa shape index (κ2) is 11.6. The molecular weight excluding hydrogens is 617 g/mol. The van der Waals surface area contributed by atoms with Gasteiger partial charge in [0.25, 0.3) is 17.5 Å². The summed E-state index contributed by atoms with van der Waals surface area (Å²) in [5.41, 5.74) is 2.91. The maximum absolute atomic E-state index is 13.4. The molecule has 0 radical (unpaired) electrons. The van der Waals surface area contributed by atoms with Crippen LogP contribution in [-0.2, 0) is 16.2 Å². The van der Waals surface area contributed by atoms with Gasteiger partial charge in [-0.15, -0.1) is 0 Å². The average Bonchev–Trinajstić information content (AvgIpc) is 2.87. The monoisotopic (exact) mass is 641 g/mol. The fraction of sp³-hybridized carbons (Fsp3) is 0.179. The smallest absolute Gasteiger partial charge is 0.335 e. The molecule has 200 valence electrons. The van der Waals surface area contributed by atoms with E-state index in [-0.39, 0.29) is 17.9 Å². The molecule has 39 heavy (non-hydrogen) atoms. The quantitative estimate of drug-likeness (QED) is 0.114. The van der Waals surface area contributed by atoms with Crippen molar-refractivity contribution in [3.8, 4) is 11.5 Å². The second-order valence-electron chi connectivity index (χ2n) is 8.73. The van der Waals surface area contributed by atoms with E-state index in [1.807, 2.05) is 35.6 Å². The van der Waals surface area contributed by atoms with Crippen molar-refractivity contribution >= 4 is 57.9 Å². The van der Waals surface area contributed by atoms with Crippen molar-refractivity contribution in [3.63, 3.8) is 0 Å². The first-order valence-electron chi connectivity index (χ1n) is 11.9. The Bertz CT molecular complexity index is 1530. The van der Waals surface area contributed by atoms with Crippen LogP contribution in [0.3, 0.4) is 0 Å². The number of ether oxygens (including phenoxy) is 2. The number of carbonyl (C=O) groups is 3. The van der Waals surface area contributed by atoms with Gasteiger partial charge in [0.2, 0.25) is 0 Å². The Morgan fingerprint density at radius 3 is 2.51 bits per heavy atom. The zero-order valence-electron chi connectivity index (χ0n) is 21.3. The summed E-state index contributed by atoms with van der Waals surface area (Å²) in [5, 5.41) is 13.3. The van der Waals surface area contributed by atoms with Gasteiger partial charge in [-0.1, -0.05) is 29.8 Å². The van der Waals surface area contributed by atoms with E-state index in [2.05, 4.69) is 5.32 Å². The van der Waals surface area contributed by atoms with Crippen LogP contribution in [0.4, 0.5) is 16.2 Å². The van der Waals surface area contributed by atoms with Crippen molar-refractivity contribution in [2.75, 3.05) is 11.5 Å². The molecule has 0 spiro atoms. The van der Waals surface area contributed by atoms with Crippen LogP contribution >= 0.6 is 22.6 Å². The van der Waals surface area contributed by atoms with E-state index >= 15 is 0 Å². The first kappa shape index (κ1) is 27.8. The first-order valence-corrected chi connectivity index (χ1v) is 13.0. The molecule has 4 amide bonds. The van der Waals surface area contributed by atoms with Crippen LogP contribution in [0.15, 0.2) is 60.2 Å². The summed E-state index contributed by atoms with van der Waals surface area (Å²) in [7, 11) is 0. The number of amides is 4. The minimum Gasteiger partial charge on any atom is -0.490 e. The average molecular weight is 641 g/mol. The molecular formula is C28H24IN3O7. The van der Waals surface area contributed by atoms with Crippen molar-refractivity contribution in [3.05, 3.63) is 96.1 Å². The van der Waals surface area contributed by atoms with Gasteiger partial charge in [-0.05, 0) is 84.3 Å². The van der Waals surface area contributed by atoms with Gasteiger partial charge in [0.05, 0.1) is 20.8 Å². The number of nitro groups is 1. The lowest BCUT2D eigenvalue weighted by atomic mass is 10.0. The van der Waals surface area contributed by atoms with Gasteiger partial charge >= 0.3 is 6.03 Å². The lowest BCUT2D eigenvalue weighted by Gasteiger charge is -2.27. The summed E-state index contributed by atoms with van der Waals surface area (Å²) < 4.78 is 12.4. The lowest BCUT2D eigenvalue weighted by molar-refractivity contribution is -0.384. The summed E-state index contributed by atoms with van der Waals surface area (Å²) >= 11 is 2.05. The van der Waals surface area contributed by atoms with Gasteiger partial charge in [-0.3, -0.25) is 25.0 Å². The van der Waals surface area contributed by atoms with Gasteiger partial charge < -0.3 is 9.47 Å². The number of barbiturate groups is 1. The number of aryl methyl sites for hydroxylation is 2. The van der Waals surface area contributed by atoms with Gasteiger partial charge in [-0.25, -0.2) is 9.69 Å². The van der Waals surface area contributed by atoms with E-state index in [1.54, 1.807) is 50.2 Å². The summed E-state index contributed by atoms with van der Waals surface area (Å²) in [5.74, 6) is -0.759. The van der Waals surface area contributed by atoms with E-state index in [9.17, 15) is 24.5 Å². The minimum atomic E-state index is -0.816. The molecule has 1 fully saturated rings. The molecule has 1 saturated heterocycles. The Morgan fingerprint density at radius 2 is 1.82 bits per heavy atom. The third kappa shape index (κ3) is 6.08. The molecule has 11 heteroatoms. The van der Waals surface area contributed by atoms with Gasteiger partial charge in [0.15, 0.2) is 11.5 Å². The van der Waals surface area contributed by atoms with Crippen LogP contribution < -0.4 is 19.7 Å². The van der Waals surface area contributed by atoms with E-state index in [1.165, 1.54) is 18.2 Å². The number of nitro benzene ring substituents is 1. The number of anilines is 1. The highest BCUT2D eigenvalue weighted by atomic mass is 127. The number of urea groups is 1. The number of hydrogen-bond acceptors (Lipinski definition) is 7. The van der Waals surface area contributed by atoms with Crippen molar-refractivity contribution in [1.29, 1.82) is 0 Å². The molecule has 0 aromatic heterocycles. The Hall–Kier alpha value is -4.26. The molecule has 0 saturated carbocycles. The number of imide groups is 2. The summed E-state index contributed by atoms with van der Waals surface area (Å²) in [4.78, 5) is 50.2. The maximum Gasteiger partial charge on any atom is 0.335 e. The summed E-state index contributed by atoms with van der Waals surface area (Å²) in [6, 6.07) is 13.9. The molecule has 0 aliphatic carbocycles. The second-order valence-corrected chi connectivity index (χ2v) is 9.89. The Labute approximate surface area is 237 Å². The first-order chi connectivity index (χ1) is 18.6. The van der Waals surface area contributed by atoms with Crippen LogP contribution in [0, 0.1) is 27.5 Å². The van der Waals surface area contributed by atoms with Crippen LogP contribution in [0.2, 0.25) is 0 Å². The molecule has 4 rings (SSSR count). The SMILES string of the molecule is CCOc1cc(/C=C2\C(=O)NC(=O)N(c3ccc(C)cc3C)C2=O)cc(I)c1OCc1cccc([N+](=O)[O-])c1. The lowest BCUT2D eigenvalue weighted by Crippen LogP contribution is -2.54. The summed E-state index contributed by atoms with van der Waals surface area (Å²) in [6.45, 7) is 5.86. The predicted molar refractivity (Wildman–Crippen MR) is 153 cm³/mol. The molecule has 1 aliphatic heterocycles. The van der Waals surface area contributed by atoms with Gasteiger partial charge in [-0.2, -0.15) is 0 Å². The molecule has 3 aromatic carbocycles. The number of nitrogens with one attached hydrogen (secondary N) is 1. The maximum atomic E-state index is 13.4. The van der Waals surface area contributed by atoms with Crippen molar-refractivity contribution < 1.29 is 28.8 Å². The highest BCUT2D eigenvalue weighted by Gasteiger charge is 2.37. The zero-order valence-corrected chi connectivity index (χ0v) is 23.5. The highest BCUT2D eigenvalue weighted by molar-refractivity contribution is 14.1. The summed E-state index contributed by atoms with van der Waals surface area (Å²) in [6.07, 6.45) is 1.40. The molecule has 0 unspecified atom stereocenters. The molecule has 1 heterocycles. The Kier molecular flexibility index (Phi) is 8.29. The van der Waals surface area contributed by atoms with Crippen LogP contribution in [0.25, 0.3) is 6.08 Å². The fourth-order valence-corrected chi connectivity index (χ4v) is 4.87. The number of halogens is 1. The van der Waals surface area contributed by atoms with Crippen molar-refractivity contribution in [2.24, 2.45) is 0 Å². The minimum absolute atomic E-state index is 0.0402. The molecule has 10 nitrogen and oxygen atoms in total. The molecule has 1 aliphatic rings. The zero-order chi connectivity index (χ0) is 28.3. The van der Waals surface area contributed by atoms with Crippen LogP contribution in [0.1, 0.15) is 29.2 Å². The Balaban J connectivity index is 1.66. The molecule has 0 bridgehead atoms.